The number of alkyl halides is 1. The molecule has 2 unspecified atom stereocenters. The summed E-state index contributed by atoms with van der Waals surface area (Å²) in [7, 11) is 2.00. The number of nitrogens with zero attached hydrogens (tertiary/aromatic N) is 1. The first-order valence-electron chi connectivity index (χ1n) is 7.47. The van der Waals surface area contributed by atoms with Crippen LogP contribution in [0.25, 0.3) is 0 Å². The molecule has 1 N–H and O–H groups in total. The number of amides is 1. The van der Waals surface area contributed by atoms with Crippen LogP contribution in [0, 0.1) is 0 Å². The second-order valence-corrected chi connectivity index (χ2v) is 5.92. The Morgan fingerprint density at radius 1 is 1.52 bits per heavy atom. The molecule has 3 rings (SSSR count). The van der Waals surface area contributed by atoms with Gasteiger partial charge in [0.25, 0.3) is 5.91 Å². The van der Waals surface area contributed by atoms with Crippen molar-refractivity contribution < 1.29 is 13.9 Å². The van der Waals surface area contributed by atoms with Crippen molar-refractivity contribution >= 4 is 17.3 Å². The molecule has 0 spiro atoms. The third-order valence-electron chi connectivity index (χ3n) is 4.54. The fraction of sp³-hybridized carbons (Fsp3) is 0.562. The number of benzene rings is 1. The van der Waals surface area contributed by atoms with E-state index >= 15 is 0 Å². The smallest absolute Gasteiger partial charge is 0.264 e. The normalized spacial score (nSPS) is 28.3. The SMILES string of the molecule is CC1OCCC1(F)C(=O)Nc1cccc2c1N(C)CCC2. The van der Waals surface area contributed by atoms with E-state index in [4.69, 9.17) is 4.74 Å². The molecule has 2 aliphatic rings. The van der Waals surface area contributed by atoms with E-state index in [0.717, 1.165) is 25.1 Å². The van der Waals surface area contributed by atoms with Gasteiger partial charge in [-0.1, -0.05) is 12.1 Å². The van der Waals surface area contributed by atoms with Crippen molar-refractivity contribution in [3.05, 3.63) is 23.8 Å². The summed E-state index contributed by atoms with van der Waals surface area (Å²) in [5, 5.41) is 2.78. The predicted octanol–water partition coefficient (Wildman–Crippen LogP) is 2.52. The summed E-state index contributed by atoms with van der Waals surface area (Å²) < 4.78 is 20.0. The highest BCUT2D eigenvalue weighted by molar-refractivity contribution is 6.00. The largest absolute Gasteiger partial charge is 0.374 e. The number of nitrogens with one attached hydrogen (secondary N) is 1. The van der Waals surface area contributed by atoms with Gasteiger partial charge in [0.15, 0.2) is 0 Å². The Morgan fingerprint density at radius 3 is 3.05 bits per heavy atom. The number of carbonyl (C=O) groups excluding carboxylic acids is 1. The molecule has 0 saturated carbocycles. The number of para-hydroxylation sites is 1. The summed E-state index contributed by atoms with van der Waals surface area (Å²) in [6, 6.07) is 5.81. The van der Waals surface area contributed by atoms with Crippen molar-refractivity contribution in [1.29, 1.82) is 0 Å². The number of hydrogen-bond acceptors (Lipinski definition) is 3. The van der Waals surface area contributed by atoms with Crippen molar-refractivity contribution in [2.45, 2.75) is 38.0 Å². The lowest BCUT2D eigenvalue weighted by atomic mass is 9.96. The van der Waals surface area contributed by atoms with Crippen molar-refractivity contribution in [2.75, 3.05) is 30.4 Å². The fourth-order valence-corrected chi connectivity index (χ4v) is 3.21. The Hall–Kier alpha value is -1.62. The first-order chi connectivity index (χ1) is 10.0. The van der Waals surface area contributed by atoms with E-state index in [2.05, 4.69) is 16.3 Å². The summed E-state index contributed by atoms with van der Waals surface area (Å²) in [5.74, 6) is -0.597. The number of anilines is 2. The van der Waals surface area contributed by atoms with Gasteiger partial charge >= 0.3 is 0 Å². The summed E-state index contributed by atoms with van der Waals surface area (Å²) in [4.78, 5) is 14.5. The van der Waals surface area contributed by atoms with Crippen LogP contribution in [0.2, 0.25) is 0 Å². The van der Waals surface area contributed by atoms with Crippen LogP contribution in [0.5, 0.6) is 0 Å². The lowest BCUT2D eigenvalue weighted by molar-refractivity contribution is -0.130. The van der Waals surface area contributed by atoms with Crippen LogP contribution in [0.4, 0.5) is 15.8 Å². The highest BCUT2D eigenvalue weighted by Gasteiger charge is 2.49. The second kappa shape index (κ2) is 5.30. The molecule has 0 aromatic heterocycles. The molecule has 1 fully saturated rings. The molecule has 2 heterocycles. The predicted molar refractivity (Wildman–Crippen MR) is 80.5 cm³/mol. The Kier molecular flexibility index (Phi) is 3.61. The number of halogens is 1. The van der Waals surface area contributed by atoms with Crippen molar-refractivity contribution in [2.24, 2.45) is 0 Å². The van der Waals surface area contributed by atoms with Crippen LogP contribution in [0.15, 0.2) is 18.2 Å². The third kappa shape index (κ3) is 2.39. The Bertz CT molecular complexity index is 563. The molecule has 0 bridgehead atoms. The number of hydrogen-bond donors (Lipinski definition) is 1. The molecule has 21 heavy (non-hydrogen) atoms. The van der Waals surface area contributed by atoms with E-state index in [1.807, 2.05) is 19.2 Å². The molecular formula is C16H21FN2O2. The van der Waals surface area contributed by atoms with Gasteiger partial charge < -0.3 is 15.0 Å². The van der Waals surface area contributed by atoms with Gasteiger partial charge in [0.05, 0.1) is 24.1 Å². The topological polar surface area (TPSA) is 41.6 Å². The van der Waals surface area contributed by atoms with Crippen LogP contribution in [0.3, 0.4) is 0 Å². The molecule has 1 aromatic carbocycles. The highest BCUT2D eigenvalue weighted by atomic mass is 19.1. The molecule has 5 heteroatoms. The first kappa shape index (κ1) is 14.3. The van der Waals surface area contributed by atoms with Gasteiger partial charge in [0, 0.05) is 20.0 Å². The lowest BCUT2D eigenvalue weighted by Crippen LogP contribution is -2.44. The second-order valence-electron chi connectivity index (χ2n) is 5.92. The van der Waals surface area contributed by atoms with Crippen LogP contribution in [-0.4, -0.2) is 37.9 Å². The standard InChI is InChI=1S/C16H21FN2O2/c1-11-16(17,8-10-21-11)15(20)18-13-7-3-5-12-6-4-9-19(2)14(12)13/h3,5,7,11H,4,6,8-10H2,1-2H3,(H,18,20). The minimum atomic E-state index is -1.93. The number of ether oxygens (including phenoxy) is 1. The van der Waals surface area contributed by atoms with Gasteiger partial charge in [0.1, 0.15) is 0 Å². The molecule has 2 atom stereocenters. The minimum Gasteiger partial charge on any atom is -0.374 e. The van der Waals surface area contributed by atoms with Gasteiger partial charge in [-0.05, 0) is 31.4 Å². The van der Waals surface area contributed by atoms with Crippen LogP contribution in [0.1, 0.15) is 25.3 Å². The molecule has 1 amide bonds. The molecule has 2 aliphatic heterocycles. The van der Waals surface area contributed by atoms with Crippen molar-refractivity contribution in [1.82, 2.24) is 0 Å². The molecule has 0 aliphatic carbocycles. The van der Waals surface area contributed by atoms with E-state index in [1.165, 1.54) is 5.56 Å². The number of carbonyl (C=O) groups is 1. The molecule has 0 radical (unpaired) electrons. The van der Waals surface area contributed by atoms with Gasteiger partial charge in [-0.2, -0.15) is 0 Å². The Balaban J connectivity index is 1.87. The number of rotatable bonds is 2. The molecule has 4 nitrogen and oxygen atoms in total. The van der Waals surface area contributed by atoms with E-state index in [-0.39, 0.29) is 13.0 Å². The van der Waals surface area contributed by atoms with E-state index < -0.39 is 17.7 Å². The van der Waals surface area contributed by atoms with E-state index in [1.54, 1.807) is 6.92 Å². The third-order valence-corrected chi connectivity index (χ3v) is 4.54. The number of fused-ring (bicyclic) bond motifs is 1. The zero-order valence-electron chi connectivity index (χ0n) is 12.5. The minimum absolute atomic E-state index is 0.116. The lowest BCUT2D eigenvalue weighted by Gasteiger charge is -2.31. The molecule has 1 aromatic rings. The van der Waals surface area contributed by atoms with Gasteiger partial charge in [-0.25, -0.2) is 4.39 Å². The zero-order chi connectivity index (χ0) is 15.0. The van der Waals surface area contributed by atoms with E-state index in [0.29, 0.717) is 5.69 Å². The average Bonchev–Trinajstić information content (AvgIpc) is 2.80. The average molecular weight is 292 g/mol. The van der Waals surface area contributed by atoms with Crippen molar-refractivity contribution in [3.8, 4) is 0 Å². The maximum atomic E-state index is 14.8. The molecule has 1 saturated heterocycles. The van der Waals surface area contributed by atoms with Gasteiger partial charge in [-0.3, -0.25) is 4.79 Å². The van der Waals surface area contributed by atoms with Gasteiger partial charge in [-0.15, -0.1) is 0 Å². The quantitative estimate of drug-likeness (QED) is 0.910. The maximum absolute atomic E-state index is 14.8. The Labute approximate surface area is 124 Å². The summed E-state index contributed by atoms with van der Waals surface area (Å²) in [6.45, 7) is 2.84. The van der Waals surface area contributed by atoms with Crippen LogP contribution in [-0.2, 0) is 16.0 Å². The Morgan fingerprint density at radius 2 is 2.33 bits per heavy atom. The highest BCUT2D eigenvalue weighted by Crippen LogP contribution is 2.36. The summed E-state index contributed by atoms with van der Waals surface area (Å²) in [5.41, 5.74) is 0.962. The summed E-state index contributed by atoms with van der Waals surface area (Å²) >= 11 is 0. The van der Waals surface area contributed by atoms with Gasteiger partial charge in [0.2, 0.25) is 5.67 Å². The zero-order valence-corrected chi connectivity index (χ0v) is 12.5. The summed E-state index contributed by atoms with van der Waals surface area (Å²) in [6.07, 6.45) is 1.50. The monoisotopic (exact) mass is 292 g/mol. The number of aryl methyl sites for hydroxylation is 1. The molecule has 114 valence electrons. The maximum Gasteiger partial charge on any atom is 0.264 e. The van der Waals surface area contributed by atoms with Crippen molar-refractivity contribution in [3.63, 3.8) is 0 Å². The van der Waals surface area contributed by atoms with E-state index in [9.17, 15) is 9.18 Å². The fourth-order valence-electron chi connectivity index (χ4n) is 3.21. The first-order valence-corrected chi connectivity index (χ1v) is 7.47. The molecular weight excluding hydrogens is 271 g/mol. The van der Waals surface area contributed by atoms with Crippen LogP contribution >= 0.6 is 0 Å². The van der Waals surface area contributed by atoms with Crippen LogP contribution < -0.4 is 10.2 Å².